The fraction of sp³-hybridized carbons (Fsp3) is 0.562. The van der Waals surface area contributed by atoms with Crippen LogP contribution in [-0.4, -0.2) is 38.3 Å². The Morgan fingerprint density at radius 1 is 1.30 bits per heavy atom. The summed E-state index contributed by atoms with van der Waals surface area (Å²) in [6.45, 7) is 5.53. The highest BCUT2D eigenvalue weighted by Gasteiger charge is 2.28. The normalized spacial score (nSPS) is 16.0. The molecule has 0 bridgehead atoms. The standard InChI is InChI=1S/C16H27N3O3S/c1-6-11-16(3,17)15(20)18-12(2)13-7-9-14(10-8-13)23(21,22)19(4)5/h7-10,12H,6,11,17H2,1-5H3,(H,18,20). The molecule has 130 valence electrons. The number of carbonyl (C=O) groups is 1. The summed E-state index contributed by atoms with van der Waals surface area (Å²) in [5.74, 6) is -0.211. The molecule has 1 amide bonds. The fourth-order valence-electron chi connectivity index (χ4n) is 2.22. The van der Waals surface area contributed by atoms with E-state index in [-0.39, 0.29) is 16.8 Å². The molecule has 0 aromatic heterocycles. The lowest BCUT2D eigenvalue weighted by molar-refractivity contribution is -0.126. The first kappa shape index (κ1) is 19.6. The summed E-state index contributed by atoms with van der Waals surface area (Å²) in [5, 5.41) is 2.88. The predicted octanol–water partition coefficient (Wildman–Crippen LogP) is 1.63. The van der Waals surface area contributed by atoms with Crippen LogP contribution in [-0.2, 0) is 14.8 Å². The second kappa shape index (κ2) is 7.42. The van der Waals surface area contributed by atoms with Crippen molar-refractivity contribution in [2.45, 2.75) is 50.1 Å². The van der Waals surface area contributed by atoms with Gasteiger partial charge in [-0.3, -0.25) is 4.79 Å². The smallest absolute Gasteiger partial charge is 0.242 e. The van der Waals surface area contributed by atoms with Gasteiger partial charge in [-0.25, -0.2) is 12.7 Å². The van der Waals surface area contributed by atoms with E-state index in [0.717, 1.165) is 16.3 Å². The molecule has 3 N–H and O–H groups in total. The summed E-state index contributed by atoms with van der Waals surface area (Å²) in [4.78, 5) is 12.4. The number of hydrogen-bond donors (Lipinski definition) is 2. The molecule has 1 aromatic carbocycles. The van der Waals surface area contributed by atoms with Crippen molar-refractivity contribution in [3.8, 4) is 0 Å². The molecule has 2 atom stereocenters. The minimum Gasteiger partial charge on any atom is -0.348 e. The van der Waals surface area contributed by atoms with Gasteiger partial charge < -0.3 is 11.1 Å². The van der Waals surface area contributed by atoms with E-state index in [0.29, 0.717) is 6.42 Å². The minimum atomic E-state index is -3.45. The van der Waals surface area contributed by atoms with Crippen molar-refractivity contribution in [1.82, 2.24) is 9.62 Å². The third kappa shape index (κ3) is 4.76. The summed E-state index contributed by atoms with van der Waals surface area (Å²) in [7, 11) is -0.471. The SMILES string of the molecule is CCCC(C)(N)C(=O)NC(C)c1ccc(S(=O)(=O)N(C)C)cc1. The van der Waals surface area contributed by atoms with Gasteiger partial charge in [0.25, 0.3) is 0 Å². The molecule has 0 heterocycles. The summed E-state index contributed by atoms with van der Waals surface area (Å²) in [6, 6.07) is 6.24. The van der Waals surface area contributed by atoms with Crippen molar-refractivity contribution in [3.63, 3.8) is 0 Å². The average Bonchev–Trinajstić information content (AvgIpc) is 2.47. The van der Waals surface area contributed by atoms with E-state index >= 15 is 0 Å². The molecule has 0 radical (unpaired) electrons. The molecule has 1 rings (SSSR count). The maximum atomic E-state index is 12.2. The number of nitrogens with two attached hydrogens (primary N) is 1. The Bertz CT molecular complexity index is 637. The molecule has 0 aliphatic rings. The Kier molecular flexibility index (Phi) is 6.33. The van der Waals surface area contributed by atoms with Gasteiger partial charge in [-0.05, 0) is 38.0 Å². The molecule has 1 aromatic rings. The Labute approximate surface area is 139 Å². The summed E-state index contributed by atoms with van der Waals surface area (Å²) < 4.78 is 25.2. The van der Waals surface area contributed by atoms with Gasteiger partial charge in [-0.1, -0.05) is 25.5 Å². The number of sulfonamides is 1. The number of nitrogens with zero attached hydrogens (tertiary/aromatic N) is 1. The van der Waals surface area contributed by atoms with Crippen molar-refractivity contribution < 1.29 is 13.2 Å². The molecule has 0 aliphatic carbocycles. The summed E-state index contributed by atoms with van der Waals surface area (Å²) >= 11 is 0. The second-order valence-corrected chi connectivity index (χ2v) is 8.37. The molecule has 0 fully saturated rings. The first-order chi connectivity index (χ1) is 10.5. The van der Waals surface area contributed by atoms with Crippen molar-refractivity contribution in [2.24, 2.45) is 5.73 Å². The quantitative estimate of drug-likeness (QED) is 0.788. The van der Waals surface area contributed by atoms with Gasteiger partial charge in [-0.2, -0.15) is 0 Å². The number of hydrogen-bond acceptors (Lipinski definition) is 4. The highest BCUT2D eigenvalue weighted by atomic mass is 32.2. The molecule has 0 aliphatic heterocycles. The molecule has 7 heteroatoms. The maximum Gasteiger partial charge on any atom is 0.242 e. The zero-order valence-electron chi connectivity index (χ0n) is 14.5. The van der Waals surface area contributed by atoms with Crippen molar-refractivity contribution >= 4 is 15.9 Å². The Balaban J connectivity index is 2.87. The van der Waals surface area contributed by atoms with Crippen LogP contribution in [0.15, 0.2) is 29.2 Å². The van der Waals surface area contributed by atoms with E-state index in [1.807, 2.05) is 13.8 Å². The van der Waals surface area contributed by atoms with Crippen LogP contribution >= 0.6 is 0 Å². The van der Waals surface area contributed by atoms with Crippen molar-refractivity contribution in [2.75, 3.05) is 14.1 Å². The average molecular weight is 341 g/mol. The Morgan fingerprint density at radius 3 is 2.26 bits per heavy atom. The monoisotopic (exact) mass is 341 g/mol. The predicted molar refractivity (Wildman–Crippen MR) is 91.4 cm³/mol. The maximum absolute atomic E-state index is 12.2. The van der Waals surface area contributed by atoms with Gasteiger partial charge in [0, 0.05) is 14.1 Å². The molecule has 2 unspecified atom stereocenters. The van der Waals surface area contributed by atoms with Gasteiger partial charge in [0.1, 0.15) is 0 Å². The van der Waals surface area contributed by atoms with Crippen LogP contribution in [0.1, 0.15) is 45.2 Å². The number of nitrogens with one attached hydrogen (secondary N) is 1. The molecular formula is C16H27N3O3S. The number of rotatable bonds is 7. The summed E-state index contributed by atoms with van der Waals surface area (Å²) in [6.07, 6.45) is 1.43. The third-order valence-corrected chi connectivity index (χ3v) is 5.62. The van der Waals surface area contributed by atoms with Crippen molar-refractivity contribution in [1.29, 1.82) is 0 Å². The lowest BCUT2D eigenvalue weighted by atomic mass is 9.95. The van der Waals surface area contributed by atoms with Gasteiger partial charge in [-0.15, -0.1) is 0 Å². The molecule has 0 saturated carbocycles. The highest BCUT2D eigenvalue weighted by molar-refractivity contribution is 7.89. The lowest BCUT2D eigenvalue weighted by Gasteiger charge is -2.25. The number of carbonyl (C=O) groups excluding carboxylic acids is 1. The van der Waals surface area contributed by atoms with E-state index in [1.54, 1.807) is 31.2 Å². The van der Waals surface area contributed by atoms with Crippen LogP contribution in [0.2, 0.25) is 0 Å². The molecule has 0 saturated heterocycles. The topological polar surface area (TPSA) is 92.5 Å². The van der Waals surface area contributed by atoms with Gasteiger partial charge in [0.2, 0.25) is 15.9 Å². The van der Waals surface area contributed by atoms with Crippen LogP contribution in [0.3, 0.4) is 0 Å². The highest BCUT2D eigenvalue weighted by Crippen LogP contribution is 2.19. The molecule has 0 spiro atoms. The van der Waals surface area contributed by atoms with Gasteiger partial charge in [0.05, 0.1) is 16.5 Å². The van der Waals surface area contributed by atoms with Crippen LogP contribution in [0.5, 0.6) is 0 Å². The first-order valence-electron chi connectivity index (χ1n) is 7.64. The first-order valence-corrected chi connectivity index (χ1v) is 9.08. The van der Waals surface area contributed by atoms with E-state index in [4.69, 9.17) is 5.73 Å². The molecule has 23 heavy (non-hydrogen) atoms. The Morgan fingerprint density at radius 2 is 1.83 bits per heavy atom. The molecule has 6 nitrogen and oxygen atoms in total. The zero-order chi connectivity index (χ0) is 17.8. The van der Waals surface area contributed by atoms with E-state index in [2.05, 4.69) is 5.32 Å². The zero-order valence-corrected chi connectivity index (χ0v) is 15.3. The van der Waals surface area contributed by atoms with Crippen LogP contribution in [0.4, 0.5) is 0 Å². The van der Waals surface area contributed by atoms with Crippen LogP contribution in [0, 0.1) is 0 Å². The second-order valence-electron chi connectivity index (χ2n) is 6.22. The lowest BCUT2D eigenvalue weighted by Crippen LogP contribution is -2.52. The largest absolute Gasteiger partial charge is 0.348 e. The van der Waals surface area contributed by atoms with Crippen molar-refractivity contribution in [3.05, 3.63) is 29.8 Å². The number of amides is 1. The minimum absolute atomic E-state index is 0.211. The van der Waals surface area contributed by atoms with E-state index in [1.165, 1.54) is 14.1 Å². The Hall–Kier alpha value is -1.44. The van der Waals surface area contributed by atoms with E-state index < -0.39 is 15.6 Å². The van der Waals surface area contributed by atoms with E-state index in [9.17, 15) is 13.2 Å². The van der Waals surface area contributed by atoms with Crippen LogP contribution < -0.4 is 11.1 Å². The fourth-order valence-corrected chi connectivity index (χ4v) is 3.12. The van der Waals surface area contributed by atoms with Gasteiger partial charge in [0.15, 0.2) is 0 Å². The number of benzene rings is 1. The third-order valence-electron chi connectivity index (χ3n) is 3.79. The van der Waals surface area contributed by atoms with Crippen LogP contribution in [0.25, 0.3) is 0 Å². The summed E-state index contributed by atoms with van der Waals surface area (Å²) in [5.41, 5.74) is 5.93. The van der Waals surface area contributed by atoms with Gasteiger partial charge >= 0.3 is 0 Å². The molecular weight excluding hydrogens is 314 g/mol.